The largest absolute Gasteiger partial charge is 0.497 e. The molecule has 0 spiro atoms. The molecule has 0 radical (unpaired) electrons. The summed E-state index contributed by atoms with van der Waals surface area (Å²) in [6.07, 6.45) is 1.15. The zero-order valence-corrected chi connectivity index (χ0v) is 15.8. The molecule has 1 N–H and O–H groups in total. The number of amides is 1. The average Bonchev–Trinajstić information content (AvgIpc) is 2.72. The van der Waals surface area contributed by atoms with Gasteiger partial charge in [0.05, 0.1) is 13.2 Å². The quantitative estimate of drug-likeness (QED) is 0.655. The SMILES string of the molecule is COc1ccc(CCC(=O)N[C@@H](c2ccccc2)c2ccccc2C)cc1. The molecule has 3 aromatic carbocycles. The summed E-state index contributed by atoms with van der Waals surface area (Å²) >= 11 is 0. The maximum Gasteiger partial charge on any atom is 0.221 e. The molecule has 0 saturated heterocycles. The van der Waals surface area contributed by atoms with Gasteiger partial charge in [-0.2, -0.15) is 0 Å². The van der Waals surface area contributed by atoms with Crippen LogP contribution in [-0.4, -0.2) is 13.0 Å². The molecule has 0 heterocycles. The van der Waals surface area contributed by atoms with Crippen molar-refractivity contribution in [3.8, 4) is 5.75 Å². The highest BCUT2D eigenvalue weighted by atomic mass is 16.5. The lowest BCUT2D eigenvalue weighted by atomic mass is 9.94. The second-order valence-corrected chi connectivity index (χ2v) is 6.62. The van der Waals surface area contributed by atoms with Gasteiger partial charge in [0.1, 0.15) is 5.75 Å². The van der Waals surface area contributed by atoms with Crippen molar-refractivity contribution >= 4 is 5.91 Å². The first-order valence-corrected chi connectivity index (χ1v) is 9.20. The van der Waals surface area contributed by atoms with E-state index < -0.39 is 0 Å². The van der Waals surface area contributed by atoms with Gasteiger partial charge in [0.25, 0.3) is 0 Å². The van der Waals surface area contributed by atoms with Crippen molar-refractivity contribution in [1.29, 1.82) is 0 Å². The van der Waals surface area contributed by atoms with Gasteiger partial charge < -0.3 is 10.1 Å². The van der Waals surface area contributed by atoms with Crippen LogP contribution in [0.25, 0.3) is 0 Å². The molecule has 0 aliphatic heterocycles. The van der Waals surface area contributed by atoms with E-state index in [2.05, 4.69) is 36.5 Å². The fourth-order valence-corrected chi connectivity index (χ4v) is 3.18. The molecule has 0 fully saturated rings. The number of methoxy groups -OCH3 is 1. The third-order valence-corrected chi connectivity index (χ3v) is 4.74. The Morgan fingerprint density at radius 1 is 0.926 bits per heavy atom. The zero-order valence-electron chi connectivity index (χ0n) is 15.8. The fourth-order valence-electron chi connectivity index (χ4n) is 3.18. The summed E-state index contributed by atoms with van der Waals surface area (Å²) in [7, 11) is 1.65. The van der Waals surface area contributed by atoms with Gasteiger partial charge >= 0.3 is 0 Å². The van der Waals surface area contributed by atoms with Gasteiger partial charge in [-0.3, -0.25) is 4.79 Å². The third kappa shape index (κ3) is 4.98. The van der Waals surface area contributed by atoms with E-state index >= 15 is 0 Å². The molecule has 138 valence electrons. The van der Waals surface area contributed by atoms with Crippen LogP contribution in [0.4, 0.5) is 0 Å². The Bertz CT molecular complexity index is 872. The van der Waals surface area contributed by atoms with Crippen LogP contribution >= 0.6 is 0 Å². The lowest BCUT2D eigenvalue weighted by molar-refractivity contribution is -0.121. The first kappa shape index (κ1) is 18.7. The fraction of sp³-hybridized carbons (Fsp3) is 0.208. The summed E-state index contributed by atoms with van der Waals surface area (Å²) in [5.41, 5.74) is 4.51. The van der Waals surface area contributed by atoms with E-state index in [4.69, 9.17) is 4.74 Å². The minimum atomic E-state index is -0.143. The summed E-state index contributed by atoms with van der Waals surface area (Å²) in [5.74, 6) is 0.870. The molecular formula is C24H25NO2. The van der Waals surface area contributed by atoms with Crippen LogP contribution in [0.2, 0.25) is 0 Å². The topological polar surface area (TPSA) is 38.3 Å². The Kier molecular flexibility index (Phi) is 6.26. The number of nitrogens with one attached hydrogen (secondary N) is 1. The highest BCUT2D eigenvalue weighted by molar-refractivity contribution is 5.77. The van der Waals surface area contributed by atoms with Gasteiger partial charge in [0, 0.05) is 6.42 Å². The standard InChI is InChI=1S/C24H25NO2/c1-18-8-6-7-11-22(18)24(20-9-4-3-5-10-20)25-23(26)17-14-19-12-15-21(27-2)16-13-19/h3-13,15-16,24H,14,17H2,1-2H3,(H,25,26)/t24-/m0/s1. The maximum atomic E-state index is 12.7. The number of hydrogen-bond donors (Lipinski definition) is 1. The van der Waals surface area contributed by atoms with Crippen LogP contribution in [0.5, 0.6) is 5.75 Å². The first-order valence-electron chi connectivity index (χ1n) is 9.20. The van der Waals surface area contributed by atoms with Crippen molar-refractivity contribution in [2.24, 2.45) is 0 Å². The number of hydrogen-bond acceptors (Lipinski definition) is 2. The number of carbonyl (C=O) groups excluding carboxylic acids is 1. The summed E-state index contributed by atoms with van der Waals surface area (Å²) < 4.78 is 5.18. The number of benzene rings is 3. The Hall–Kier alpha value is -3.07. The van der Waals surface area contributed by atoms with Crippen LogP contribution in [0.1, 0.15) is 34.7 Å². The van der Waals surface area contributed by atoms with Gasteiger partial charge in [0.2, 0.25) is 5.91 Å². The Labute approximate surface area is 161 Å². The van der Waals surface area contributed by atoms with E-state index in [1.807, 2.05) is 54.6 Å². The molecular weight excluding hydrogens is 334 g/mol. The molecule has 1 atom stereocenters. The zero-order chi connectivity index (χ0) is 19.1. The Morgan fingerprint density at radius 2 is 1.59 bits per heavy atom. The second-order valence-electron chi connectivity index (χ2n) is 6.62. The second kappa shape index (κ2) is 9.04. The monoisotopic (exact) mass is 359 g/mol. The van der Waals surface area contributed by atoms with Crippen molar-refractivity contribution in [3.05, 3.63) is 101 Å². The van der Waals surface area contributed by atoms with Crippen LogP contribution < -0.4 is 10.1 Å². The Balaban J connectivity index is 1.72. The minimum absolute atomic E-state index is 0.0444. The molecule has 0 aromatic heterocycles. The lowest BCUT2D eigenvalue weighted by Gasteiger charge is -2.21. The van der Waals surface area contributed by atoms with Gasteiger partial charge in [-0.05, 0) is 47.7 Å². The van der Waals surface area contributed by atoms with Crippen molar-refractivity contribution in [2.45, 2.75) is 25.8 Å². The first-order chi connectivity index (χ1) is 13.2. The van der Waals surface area contributed by atoms with Crippen molar-refractivity contribution in [1.82, 2.24) is 5.32 Å². The summed E-state index contributed by atoms with van der Waals surface area (Å²) in [4.78, 5) is 12.7. The van der Waals surface area contributed by atoms with Crippen LogP contribution in [0.3, 0.4) is 0 Å². The van der Waals surface area contributed by atoms with E-state index in [1.54, 1.807) is 7.11 Å². The summed E-state index contributed by atoms with van der Waals surface area (Å²) in [6.45, 7) is 2.08. The van der Waals surface area contributed by atoms with Crippen LogP contribution in [0, 0.1) is 6.92 Å². The highest BCUT2D eigenvalue weighted by Gasteiger charge is 2.18. The van der Waals surface area contributed by atoms with Gasteiger partial charge in [-0.25, -0.2) is 0 Å². The van der Waals surface area contributed by atoms with Crippen molar-refractivity contribution in [3.63, 3.8) is 0 Å². The number of carbonyl (C=O) groups is 1. The predicted octanol–water partition coefficient (Wildman–Crippen LogP) is 4.84. The number of ether oxygens (including phenoxy) is 1. The molecule has 27 heavy (non-hydrogen) atoms. The third-order valence-electron chi connectivity index (χ3n) is 4.74. The summed E-state index contributed by atoms with van der Waals surface area (Å²) in [6, 6.07) is 26.0. The molecule has 0 unspecified atom stereocenters. The minimum Gasteiger partial charge on any atom is -0.497 e. The molecule has 1 amide bonds. The van der Waals surface area contributed by atoms with Gasteiger partial charge in [-0.1, -0.05) is 66.7 Å². The average molecular weight is 359 g/mol. The van der Waals surface area contributed by atoms with Crippen LogP contribution in [-0.2, 0) is 11.2 Å². The van der Waals surface area contributed by atoms with Gasteiger partial charge in [0.15, 0.2) is 0 Å². The molecule has 0 aliphatic rings. The Morgan fingerprint density at radius 3 is 2.26 bits per heavy atom. The molecule has 3 rings (SSSR count). The van der Waals surface area contributed by atoms with E-state index in [-0.39, 0.29) is 11.9 Å². The van der Waals surface area contributed by atoms with Crippen molar-refractivity contribution < 1.29 is 9.53 Å². The van der Waals surface area contributed by atoms with Gasteiger partial charge in [-0.15, -0.1) is 0 Å². The predicted molar refractivity (Wildman–Crippen MR) is 109 cm³/mol. The molecule has 0 aliphatic carbocycles. The van der Waals surface area contributed by atoms with E-state index in [9.17, 15) is 4.79 Å². The number of rotatable bonds is 7. The lowest BCUT2D eigenvalue weighted by Crippen LogP contribution is -2.30. The number of aryl methyl sites for hydroxylation is 2. The molecule has 3 heteroatoms. The molecule has 0 saturated carbocycles. The van der Waals surface area contributed by atoms with E-state index in [0.29, 0.717) is 12.8 Å². The molecule has 3 nitrogen and oxygen atoms in total. The molecule has 0 bridgehead atoms. The maximum absolute atomic E-state index is 12.7. The smallest absolute Gasteiger partial charge is 0.221 e. The van der Waals surface area contributed by atoms with E-state index in [1.165, 1.54) is 5.56 Å². The molecule has 3 aromatic rings. The highest BCUT2D eigenvalue weighted by Crippen LogP contribution is 2.25. The normalized spacial score (nSPS) is 11.6. The van der Waals surface area contributed by atoms with E-state index in [0.717, 1.165) is 22.4 Å². The van der Waals surface area contributed by atoms with Crippen LogP contribution in [0.15, 0.2) is 78.9 Å². The van der Waals surface area contributed by atoms with Crippen molar-refractivity contribution in [2.75, 3.05) is 7.11 Å². The summed E-state index contributed by atoms with van der Waals surface area (Å²) in [5, 5.41) is 3.22.